The molecule has 5 rings (SSSR count). The summed E-state index contributed by atoms with van der Waals surface area (Å²) in [5.41, 5.74) is 4.58. The normalized spacial score (nSPS) is 20.2. The molecule has 3 aromatic carbocycles. The lowest BCUT2D eigenvalue weighted by atomic mass is 9.90. The van der Waals surface area contributed by atoms with Crippen LogP contribution in [-0.4, -0.2) is 36.0 Å². The Labute approximate surface area is 196 Å². The zero-order chi connectivity index (χ0) is 22.6. The molecular weight excluding hydrogens is 406 g/mol. The van der Waals surface area contributed by atoms with Gasteiger partial charge in [0.05, 0.1) is 12.0 Å². The second kappa shape index (κ2) is 9.50. The van der Waals surface area contributed by atoms with Crippen molar-refractivity contribution in [1.82, 2.24) is 4.90 Å². The Morgan fingerprint density at radius 3 is 2.18 bits per heavy atom. The van der Waals surface area contributed by atoms with E-state index in [4.69, 9.17) is 0 Å². The lowest BCUT2D eigenvalue weighted by molar-refractivity contribution is -0.131. The number of rotatable bonds is 4. The Hall–Kier alpha value is -3.58. The molecule has 0 spiro atoms. The molecule has 0 aromatic heterocycles. The molecule has 2 atom stereocenters. The number of amides is 1. The number of carbonyl (C=O) groups is 1. The van der Waals surface area contributed by atoms with Gasteiger partial charge in [-0.25, -0.2) is 0 Å². The zero-order valence-corrected chi connectivity index (χ0v) is 18.8. The van der Waals surface area contributed by atoms with Gasteiger partial charge in [0.2, 0.25) is 5.91 Å². The second-order valence-corrected chi connectivity index (χ2v) is 9.06. The molecule has 2 aliphatic rings. The number of para-hydroxylation sites is 1. The van der Waals surface area contributed by atoms with E-state index in [0.717, 1.165) is 30.5 Å². The highest BCUT2D eigenvalue weighted by Gasteiger charge is 2.41. The standard InChI is InChI=1S/C29H29N3O/c30-20-25-19-26(31-18-10-9-12-22-11-7-8-17-27(22)31)21-32(25)29(33)28(23-13-3-1-4-14-23)24-15-5-2-6-16-24/h1-8,11,13-17,25-26,28H,9-10,12,18-19,21H2/t25-,26-/m0/s1. The third kappa shape index (κ3) is 4.24. The highest BCUT2D eigenvalue weighted by atomic mass is 16.2. The third-order valence-corrected chi connectivity index (χ3v) is 7.06. The number of nitrogens with zero attached hydrogens (tertiary/aromatic N) is 3. The van der Waals surface area contributed by atoms with Crippen LogP contribution in [-0.2, 0) is 11.2 Å². The van der Waals surface area contributed by atoms with Crippen molar-refractivity contribution in [3.63, 3.8) is 0 Å². The van der Waals surface area contributed by atoms with Gasteiger partial charge >= 0.3 is 0 Å². The number of carbonyl (C=O) groups excluding carboxylic acids is 1. The molecule has 2 aliphatic heterocycles. The highest BCUT2D eigenvalue weighted by molar-refractivity contribution is 5.88. The molecule has 0 bridgehead atoms. The molecule has 1 fully saturated rings. The van der Waals surface area contributed by atoms with Gasteiger partial charge in [-0.15, -0.1) is 0 Å². The molecule has 0 saturated carbocycles. The van der Waals surface area contributed by atoms with Crippen LogP contribution < -0.4 is 4.90 Å². The van der Waals surface area contributed by atoms with Gasteiger partial charge in [0.15, 0.2) is 0 Å². The number of likely N-dealkylation sites (tertiary alicyclic amines) is 1. The van der Waals surface area contributed by atoms with E-state index < -0.39 is 12.0 Å². The summed E-state index contributed by atoms with van der Waals surface area (Å²) in [6, 6.07) is 30.7. The topological polar surface area (TPSA) is 47.3 Å². The molecule has 0 N–H and O–H groups in total. The number of hydrogen-bond donors (Lipinski definition) is 0. The van der Waals surface area contributed by atoms with Crippen molar-refractivity contribution in [1.29, 1.82) is 5.26 Å². The van der Waals surface area contributed by atoms with Gasteiger partial charge in [0.25, 0.3) is 0 Å². The van der Waals surface area contributed by atoms with Crippen LogP contribution in [0, 0.1) is 11.3 Å². The fourth-order valence-corrected chi connectivity index (χ4v) is 5.44. The van der Waals surface area contributed by atoms with E-state index in [-0.39, 0.29) is 11.9 Å². The zero-order valence-electron chi connectivity index (χ0n) is 18.8. The first-order chi connectivity index (χ1) is 16.3. The van der Waals surface area contributed by atoms with Crippen LogP contribution in [0.4, 0.5) is 5.69 Å². The lowest BCUT2D eigenvalue weighted by Crippen LogP contribution is -2.42. The maximum Gasteiger partial charge on any atom is 0.235 e. The third-order valence-electron chi connectivity index (χ3n) is 7.06. The Balaban J connectivity index is 1.46. The largest absolute Gasteiger partial charge is 0.366 e. The summed E-state index contributed by atoms with van der Waals surface area (Å²) >= 11 is 0. The first kappa shape index (κ1) is 21.3. The summed E-state index contributed by atoms with van der Waals surface area (Å²) in [6.07, 6.45) is 4.09. The van der Waals surface area contributed by atoms with Crippen LogP contribution in [0.5, 0.6) is 0 Å². The molecule has 0 radical (unpaired) electrons. The van der Waals surface area contributed by atoms with E-state index in [1.54, 1.807) is 0 Å². The lowest BCUT2D eigenvalue weighted by Gasteiger charge is -2.32. The Morgan fingerprint density at radius 1 is 0.879 bits per heavy atom. The molecule has 33 heavy (non-hydrogen) atoms. The van der Waals surface area contributed by atoms with E-state index in [1.807, 2.05) is 65.6 Å². The van der Waals surface area contributed by atoms with Crippen molar-refractivity contribution in [2.45, 2.75) is 43.7 Å². The van der Waals surface area contributed by atoms with Crippen molar-refractivity contribution in [2.75, 3.05) is 18.0 Å². The van der Waals surface area contributed by atoms with Crippen molar-refractivity contribution in [2.24, 2.45) is 0 Å². The van der Waals surface area contributed by atoms with Gasteiger partial charge in [-0.3, -0.25) is 4.79 Å². The van der Waals surface area contributed by atoms with E-state index in [9.17, 15) is 10.1 Å². The molecule has 0 unspecified atom stereocenters. The summed E-state index contributed by atoms with van der Waals surface area (Å²) in [7, 11) is 0. The molecule has 2 heterocycles. The Kier molecular flexibility index (Phi) is 6.13. The first-order valence-corrected chi connectivity index (χ1v) is 11.9. The van der Waals surface area contributed by atoms with Crippen LogP contribution >= 0.6 is 0 Å². The van der Waals surface area contributed by atoms with Gasteiger partial charge in [-0.2, -0.15) is 5.26 Å². The van der Waals surface area contributed by atoms with E-state index >= 15 is 0 Å². The summed E-state index contributed by atoms with van der Waals surface area (Å²) in [5.74, 6) is -0.386. The van der Waals surface area contributed by atoms with Crippen molar-refractivity contribution < 1.29 is 4.79 Å². The molecule has 4 nitrogen and oxygen atoms in total. The average Bonchev–Trinajstić information content (AvgIpc) is 3.18. The van der Waals surface area contributed by atoms with E-state index in [0.29, 0.717) is 13.0 Å². The van der Waals surface area contributed by atoms with Gasteiger partial charge in [0, 0.05) is 31.2 Å². The maximum absolute atomic E-state index is 14.0. The predicted octanol–water partition coefficient (Wildman–Crippen LogP) is 5.15. The molecule has 0 aliphatic carbocycles. The van der Waals surface area contributed by atoms with Gasteiger partial charge < -0.3 is 9.80 Å². The molecule has 166 valence electrons. The number of aryl methyl sites for hydroxylation is 1. The SMILES string of the molecule is N#C[C@@H]1C[C@H](N2CCCCc3ccccc32)CN1C(=O)C(c1ccccc1)c1ccccc1. The summed E-state index contributed by atoms with van der Waals surface area (Å²) in [6.45, 7) is 1.56. The summed E-state index contributed by atoms with van der Waals surface area (Å²) in [4.78, 5) is 18.3. The predicted molar refractivity (Wildman–Crippen MR) is 131 cm³/mol. The fraction of sp³-hybridized carbons (Fsp3) is 0.310. The smallest absolute Gasteiger partial charge is 0.235 e. The quantitative estimate of drug-likeness (QED) is 0.569. The molecule has 1 amide bonds. The minimum atomic E-state index is -0.409. The van der Waals surface area contributed by atoms with Crippen molar-refractivity contribution >= 4 is 11.6 Å². The van der Waals surface area contributed by atoms with Crippen LogP contribution in [0.2, 0.25) is 0 Å². The van der Waals surface area contributed by atoms with Crippen LogP contribution in [0.25, 0.3) is 0 Å². The van der Waals surface area contributed by atoms with Gasteiger partial charge in [-0.1, -0.05) is 78.9 Å². The second-order valence-electron chi connectivity index (χ2n) is 9.06. The first-order valence-electron chi connectivity index (χ1n) is 11.9. The van der Waals surface area contributed by atoms with Crippen molar-refractivity contribution in [3.8, 4) is 6.07 Å². The van der Waals surface area contributed by atoms with Crippen LogP contribution in [0.3, 0.4) is 0 Å². The number of nitriles is 1. The average molecular weight is 436 g/mol. The van der Waals surface area contributed by atoms with E-state index in [1.165, 1.54) is 17.7 Å². The van der Waals surface area contributed by atoms with Gasteiger partial charge in [0.1, 0.15) is 6.04 Å². The fourth-order valence-electron chi connectivity index (χ4n) is 5.44. The molecule has 3 aromatic rings. The number of fused-ring (bicyclic) bond motifs is 1. The molecule has 4 heteroatoms. The number of hydrogen-bond acceptors (Lipinski definition) is 3. The van der Waals surface area contributed by atoms with E-state index in [2.05, 4.69) is 35.2 Å². The number of benzene rings is 3. The van der Waals surface area contributed by atoms with Crippen molar-refractivity contribution in [3.05, 3.63) is 102 Å². The molecular formula is C29H29N3O. The maximum atomic E-state index is 14.0. The highest BCUT2D eigenvalue weighted by Crippen LogP contribution is 2.35. The molecule has 1 saturated heterocycles. The Morgan fingerprint density at radius 2 is 1.52 bits per heavy atom. The minimum absolute atomic E-state index is 0.0181. The van der Waals surface area contributed by atoms with Crippen LogP contribution in [0.15, 0.2) is 84.9 Å². The monoisotopic (exact) mass is 435 g/mol. The van der Waals surface area contributed by atoms with Gasteiger partial charge in [-0.05, 0) is 42.0 Å². The summed E-state index contributed by atoms with van der Waals surface area (Å²) in [5, 5.41) is 10.0. The Bertz CT molecular complexity index is 1100. The van der Waals surface area contributed by atoms with Crippen LogP contribution in [0.1, 0.15) is 41.9 Å². The summed E-state index contributed by atoms with van der Waals surface area (Å²) < 4.78 is 0. The minimum Gasteiger partial charge on any atom is -0.366 e. The number of anilines is 1.